The number of benzene rings is 3. The van der Waals surface area contributed by atoms with Gasteiger partial charge in [-0.25, -0.2) is 13.8 Å². The average Bonchev–Trinajstić information content (AvgIpc) is 3.43. The van der Waals surface area contributed by atoms with Crippen molar-refractivity contribution in [1.29, 1.82) is 5.26 Å². The second-order valence-electron chi connectivity index (χ2n) is 14.9. The molecule has 2 aromatic heterocycles. The lowest BCUT2D eigenvalue weighted by Crippen LogP contribution is -2.41. The van der Waals surface area contributed by atoms with Gasteiger partial charge in [0.15, 0.2) is 5.82 Å². The number of hydrogen-bond donors (Lipinski definition) is 1. The van der Waals surface area contributed by atoms with Gasteiger partial charge in [-0.05, 0) is 80.0 Å². The van der Waals surface area contributed by atoms with Crippen molar-refractivity contribution in [2.24, 2.45) is 11.8 Å². The normalized spacial score (nSPS) is 23.8. The minimum absolute atomic E-state index is 0.0236. The molecular weight excluding hydrogens is 703 g/mol. The molecule has 5 atom stereocenters. The average molecular weight is 741 g/mol. The van der Waals surface area contributed by atoms with Crippen LogP contribution in [0.25, 0.3) is 32.9 Å². The van der Waals surface area contributed by atoms with E-state index in [2.05, 4.69) is 22.0 Å². The molecule has 1 N–H and O–H groups in total. The van der Waals surface area contributed by atoms with E-state index in [4.69, 9.17) is 32.9 Å². The maximum atomic E-state index is 17.2. The van der Waals surface area contributed by atoms with Gasteiger partial charge in [-0.1, -0.05) is 47.5 Å². The number of aryl methyl sites for hydroxylation is 2. The van der Waals surface area contributed by atoms with Gasteiger partial charge in [0, 0.05) is 71.2 Å². The van der Waals surface area contributed by atoms with Crippen molar-refractivity contribution in [3.05, 3.63) is 98.8 Å². The lowest BCUT2D eigenvalue weighted by molar-refractivity contribution is -0.134. The third-order valence-corrected chi connectivity index (χ3v) is 12.5. The Morgan fingerprint density at radius 1 is 1.10 bits per heavy atom. The van der Waals surface area contributed by atoms with Crippen molar-refractivity contribution in [2.75, 3.05) is 13.1 Å². The van der Waals surface area contributed by atoms with Gasteiger partial charge in [0.25, 0.3) is 0 Å². The monoisotopic (exact) mass is 739 g/mol. The number of halogens is 4. The van der Waals surface area contributed by atoms with Crippen LogP contribution in [0.5, 0.6) is 0 Å². The number of nitrogens with one attached hydrogen (secondary N) is 1. The molecular formula is C41H37Cl2F2N5O2. The van der Waals surface area contributed by atoms with Crippen molar-refractivity contribution >= 4 is 50.9 Å². The van der Waals surface area contributed by atoms with Gasteiger partial charge in [0.05, 0.1) is 46.4 Å². The van der Waals surface area contributed by atoms with Crippen molar-refractivity contribution in [3.63, 3.8) is 0 Å². The largest absolute Gasteiger partial charge is 0.372 e. The van der Waals surface area contributed by atoms with E-state index in [1.165, 1.54) is 12.1 Å². The summed E-state index contributed by atoms with van der Waals surface area (Å²) in [5, 5.41) is 15.4. The van der Waals surface area contributed by atoms with Gasteiger partial charge in [0.2, 0.25) is 5.91 Å². The highest BCUT2D eigenvalue weighted by atomic mass is 35.5. The fraction of sp³-hybridized carbons (Fsp3) is 0.390. The van der Waals surface area contributed by atoms with Crippen molar-refractivity contribution < 1.29 is 18.3 Å². The zero-order valence-corrected chi connectivity index (χ0v) is 30.2. The molecule has 266 valence electrons. The number of rotatable bonds is 9. The molecule has 11 heteroatoms. The van der Waals surface area contributed by atoms with E-state index < -0.39 is 5.82 Å². The Morgan fingerprint density at radius 2 is 1.90 bits per heavy atom. The highest BCUT2D eigenvalue weighted by Crippen LogP contribution is 2.51. The number of aromatic nitrogens is 2. The summed E-state index contributed by atoms with van der Waals surface area (Å²) in [4.78, 5) is 20.9. The summed E-state index contributed by atoms with van der Waals surface area (Å²) in [5.41, 5.74) is 5.14. The molecule has 0 spiro atoms. The molecule has 0 radical (unpaired) electrons. The highest BCUT2D eigenvalue weighted by Gasteiger charge is 2.51. The summed E-state index contributed by atoms with van der Waals surface area (Å²) in [5.74, 6) is -0.219. The summed E-state index contributed by atoms with van der Waals surface area (Å²) >= 11 is 13.1. The van der Waals surface area contributed by atoms with Crippen LogP contribution < -0.4 is 5.32 Å². The number of fused-ring (bicyclic) bond motifs is 4. The van der Waals surface area contributed by atoms with E-state index in [0.29, 0.717) is 64.7 Å². The van der Waals surface area contributed by atoms with Crippen molar-refractivity contribution in [1.82, 2.24) is 19.8 Å². The first-order valence-electron chi connectivity index (χ1n) is 18.1. The molecule has 1 amide bonds. The molecule has 2 saturated carbocycles. The first kappa shape index (κ1) is 33.7. The highest BCUT2D eigenvalue weighted by molar-refractivity contribution is 6.43. The molecule has 5 fully saturated rings. The van der Waals surface area contributed by atoms with Crippen LogP contribution in [-0.4, -0.2) is 45.6 Å². The second kappa shape index (κ2) is 13.1. The topological polar surface area (TPSA) is 83.2 Å². The number of amides is 1. The number of likely N-dealkylation sites (tertiary alicyclic amines) is 1. The number of ether oxygens (including phenoxy) is 1. The summed E-state index contributed by atoms with van der Waals surface area (Å²) < 4.78 is 39.6. The van der Waals surface area contributed by atoms with Crippen molar-refractivity contribution in [3.8, 4) is 17.2 Å². The van der Waals surface area contributed by atoms with Crippen LogP contribution in [0.1, 0.15) is 66.7 Å². The Hall–Kier alpha value is -4.07. The first-order chi connectivity index (χ1) is 25.2. The van der Waals surface area contributed by atoms with Crippen LogP contribution in [0.15, 0.2) is 54.6 Å². The third-order valence-electron chi connectivity index (χ3n) is 11.6. The number of carbonyl (C=O) groups excluding carboxylic acids is 1. The zero-order valence-electron chi connectivity index (χ0n) is 28.6. The number of hydrogen-bond acceptors (Lipinski definition) is 5. The molecule has 5 aliphatic rings. The molecule has 3 aliphatic heterocycles. The SMILES string of the molecule is Cc1nc2c(F)c(-c3cccc(Cl)c3Cl)c(CCC#N)cc2c2c1cc(C1CC(OCc3ccc(F)cc3)CN1C(=O)C1CC1)n2C1C2CNC1C2. The van der Waals surface area contributed by atoms with E-state index in [9.17, 15) is 14.4 Å². The summed E-state index contributed by atoms with van der Waals surface area (Å²) in [7, 11) is 0. The molecule has 3 saturated heterocycles. The van der Waals surface area contributed by atoms with Crippen LogP contribution >= 0.6 is 23.2 Å². The molecule has 5 heterocycles. The van der Waals surface area contributed by atoms with Crippen LogP contribution in [0.3, 0.4) is 0 Å². The minimum Gasteiger partial charge on any atom is -0.372 e. The van der Waals surface area contributed by atoms with Crippen LogP contribution in [0.2, 0.25) is 10.0 Å². The predicted molar refractivity (Wildman–Crippen MR) is 197 cm³/mol. The molecule has 5 unspecified atom stereocenters. The number of pyridine rings is 1. The van der Waals surface area contributed by atoms with E-state index in [0.717, 1.165) is 48.0 Å². The third kappa shape index (κ3) is 5.58. The molecule has 52 heavy (non-hydrogen) atoms. The fourth-order valence-electron chi connectivity index (χ4n) is 8.90. The number of carbonyl (C=O) groups is 1. The van der Waals surface area contributed by atoms with E-state index >= 15 is 4.39 Å². The Labute approximate surface area is 310 Å². The fourth-order valence-corrected chi connectivity index (χ4v) is 9.30. The molecule has 7 nitrogen and oxygen atoms in total. The molecule has 10 rings (SSSR count). The predicted octanol–water partition coefficient (Wildman–Crippen LogP) is 9.01. The molecule has 5 aromatic rings. The van der Waals surface area contributed by atoms with Gasteiger partial charge in [0.1, 0.15) is 11.3 Å². The Morgan fingerprint density at radius 3 is 2.62 bits per heavy atom. The summed E-state index contributed by atoms with van der Waals surface area (Å²) in [6.45, 7) is 3.59. The first-order valence-corrected chi connectivity index (χ1v) is 18.8. The minimum atomic E-state index is -0.496. The van der Waals surface area contributed by atoms with Gasteiger partial charge < -0.3 is 19.5 Å². The summed E-state index contributed by atoms with van der Waals surface area (Å²) in [6, 6.07) is 18.0. The van der Waals surface area contributed by atoms with Gasteiger partial charge in [-0.15, -0.1) is 0 Å². The van der Waals surface area contributed by atoms with Crippen LogP contribution in [0.4, 0.5) is 8.78 Å². The summed E-state index contributed by atoms with van der Waals surface area (Å²) in [6.07, 6.45) is 3.75. The Bertz CT molecular complexity index is 2290. The molecule has 3 aromatic carbocycles. The maximum Gasteiger partial charge on any atom is 0.226 e. The lowest BCUT2D eigenvalue weighted by Gasteiger charge is -2.39. The maximum absolute atomic E-state index is 17.2. The second-order valence-corrected chi connectivity index (χ2v) is 15.6. The quantitative estimate of drug-likeness (QED) is 0.163. The Balaban J connectivity index is 1.22. The number of nitrogens with zero attached hydrogens (tertiary/aromatic N) is 4. The van der Waals surface area contributed by atoms with E-state index in [1.807, 2.05) is 17.9 Å². The lowest BCUT2D eigenvalue weighted by atomic mass is 9.79. The van der Waals surface area contributed by atoms with Crippen molar-refractivity contribution in [2.45, 2.75) is 76.3 Å². The van der Waals surface area contributed by atoms with E-state index in [-0.39, 0.29) is 58.8 Å². The van der Waals surface area contributed by atoms with E-state index in [1.54, 1.807) is 30.3 Å². The molecule has 2 bridgehead atoms. The van der Waals surface area contributed by atoms with Gasteiger partial charge in [-0.3, -0.25) is 4.79 Å². The van der Waals surface area contributed by atoms with Crippen LogP contribution in [-0.2, 0) is 22.6 Å². The van der Waals surface area contributed by atoms with Gasteiger partial charge >= 0.3 is 0 Å². The smallest absolute Gasteiger partial charge is 0.226 e. The number of nitriles is 1. The van der Waals surface area contributed by atoms with Gasteiger partial charge in [-0.2, -0.15) is 5.26 Å². The van der Waals surface area contributed by atoms with Crippen LogP contribution in [0, 0.1) is 41.7 Å². The zero-order chi connectivity index (χ0) is 35.8. The standard InChI is InChI=1S/C41H37Cl2F2N5O2/c1-21-29-17-34(33-16-27(19-49(33)41(51)23-9-10-23)52-20-22-7-11-26(44)12-8-22)50(39-25-15-32(39)47-18-25)40(29)30-14-24(4-3-13-46)35(37(45)38(30)48-21)28-5-2-6-31(42)36(28)43/h2,5-8,11-12,14,17,23,25,27,32-33,39,47H,3-4,9-10,15-16,18-20H2,1H3. The molecule has 2 aliphatic carbocycles. The Kier molecular flexibility index (Phi) is 8.50.